The second-order valence-electron chi connectivity index (χ2n) is 6.67. The second kappa shape index (κ2) is 7.52. The third kappa shape index (κ3) is 5.73. The lowest BCUT2D eigenvalue weighted by atomic mass is 9.84. The third-order valence-corrected chi connectivity index (χ3v) is 4.44. The molecule has 0 aromatic carbocycles. The highest BCUT2D eigenvalue weighted by Crippen LogP contribution is 2.27. The van der Waals surface area contributed by atoms with Crippen molar-refractivity contribution in [2.24, 2.45) is 11.3 Å². The van der Waals surface area contributed by atoms with Crippen LogP contribution in [-0.2, 0) is 4.79 Å². The van der Waals surface area contributed by atoms with E-state index in [4.69, 9.17) is 0 Å². The van der Waals surface area contributed by atoms with E-state index < -0.39 is 0 Å². The summed E-state index contributed by atoms with van der Waals surface area (Å²) in [7, 11) is 0. The van der Waals surface area contributed by atoms with E-state index in [9.17, 15) is 4.79 Å². The van der Waals surface area contributed by atoms with Crippen molar-refractivity contribution in [2.45, 2.75) is 71.8 Å². The number of hydrogen-bond acceptors (Lipinski definition) is 1. The van der Waals surface area contributed by atoms with E-state index in [2.05, 4.69) is 42.0 Å². The highest BCUT2D eigenvalue weighted by Gasteiger charge is 2.26. The fourth-order valence-corrected chi connectivity index (χ4v) is 3.20. The minimum atomic E-state index is 0.135. The molecule has 106 valence electrons. The van der Waals surface area contributed by atoms with Crippen LogP contribution in [0, 0.1) is 11.3 Å². The smallest absolute Gasteiger partial charge is 0.220 e. The molecule has 0 bridgehead atoms. The maximum absolute atomic E-state index is 12.1. The molecule has 1 aliphatic carbocycles. The molecule has 1 unspecified atom stereocenters. The summed E-state index contributed by atoms with van der Waals surface area (Å²) in [6.07, 6.45) is 8.18. The number of amides is 1. The topological polar surface area (TPSA) is 29.1 Å². The molecule has 0 heterocycles. The van der Waals surface area contributed by atoms with Crippen molar-refractivity contribution >= 4 is 21.8 Å². The van der Waals surface area contributed by atoms with Crippen LogP contribution in [0.1, 0.15) is 65.7 Å². The van der Waals surface area contributed by atoms with Crippen LogP contribution < -0.4 is 5.32 Å². The summed E-state index contributed by atoms with van der Waals surface area (Å²) in [5, 5.41) is 4.18. The number of carbonyl (C=O) groups is 1. The molecule has 0 aromatic heterocycles. The lowest BCUT2D eigenvalue weighted by Gasteiger charge is -2.32. The van der Waals surface area contributed by atoms with Gasteiger partial charge in [0.1, 0.15) is 0 Å². The molecule has 1 aliphatic rings. The fourth-order valence-electron chi connectivity index (χ4n) is 2.74. The Morgan fingerprint density at radius 1 is 1.28 bits per heavy atom. The SMILES string of the molecule is CC(C)(C)C(CCBr)NC(=O)CC1CCCCC1. The molecule has 1 saturated carbocycles. The van der Waals surface area contributed by atoms with Gasteiger partial charge < -0.3 is 5.32 Å². The normalized spacial score (nSPS) is 19.6. The minimum Gasteiger partial charge on any atom is -0.353 e. The van der Waals surface area contributed by atoms with Crippen LogP contribution in [0.2, 0.25) is 0 Å². The second-order valence-corrected chi connectivity index (χ2v) is 7.46. The van der Waals surface area contributed by atoms with Crippen LogP contribution in [0.3, 0.4) is 0 Å². The molecule has 3 heteroatoms. The van der Waals surface area contributed by atoms with Gasteiger partial charge in [-0.2, -0.15) is 0 Å². The zero-order valence-electron chi connectivity index (χ0n) is 12.1. The number of halogens is 1. The lowest BCUT2D eigenvalue weighted by Crippen LogP contribution is -2.44. The first kappa shape index (κ1) is 16.0. The van der Waals surface area contributed by atoms with Gasteiger partial charge in [0.15, 0.2) is 0 Å². The fraction of sp³-hybridized carbons (Fsp3) is 0.933. The van der Waals surface area contributed by atoms with Crippen molar-refractivity contribution < 1.29 is 4.79 Å². The van der Waals surface area contributed by atoms with Gasteiger partial charge in [-0.05, 0) is 30.6 Å². The number of nitrogens with one attached hydrogen (secondary N) is 1. The van der Waals surface area contributed by atoms with Crippen molar-refractivity contribution in [1.29, 1.82) is 0 Å². The molecular weight excluding hydrogens is 290 g/mol. The van der Waals surface area contributed by atoms with Gasteiger partial charge in [0, 0.05) is 17.8 Å². The van der Waals surface area contributed by atoms with Gasteiger partial charge in [0.2, 0.25) is 5.91 Å². The van der Waals surface area contributed by atoms with E-state index in [1.807, 2.05) is 0 Å². The van der Waals surface area contributed by atoms with E-state index in [0.29, 0.717) is 5.92 Å². The van der Waals surface area contributed by atoms with Crippen LogP contribution in [-0.4, -0.2) is 17.3 Å². The molecule has 0 saturated heterocycles. The summed E-state index contributed by atoms with van der Waals surface area (Å²) in [4.78, 5) is 12.1. The van der Waals surface area contributed by atoms with E-state index in [1.54, 1.807) is 0 Å². The van der Waals surface area contributed by atoms with E-state index in [1.165, 1.54) is 32.1 Å². The van der Waals surface area contributed by atoms with E-state index in [0.717, 1.165) is 18.2 Å². The summed E-state index contributed by atoms with van der Waals surface area (Å²) < 4.78 is 0. The number of alkyl halides is 1. The maximum atomic E-state index is 12.1. The first-order valence-electron chi connectivity index (χ1n) is 7.29. The molecule has 0 aliphatic heterocycles. The van der Waals surface area contributed by atoms with E-state index >= 15 is 0 Å². The van der Waals surface area contributed by atoms with Crippen LogP contribution in [0.4, 0.5) is 0 Å². The van der Waals surface area contributed by atoms with Crippen molar-refractivity contribution in [3.05, 3.63) is 0 Å². The molecule has 0 spiro atoms. The molecule has 1 fully saturated rings. The average molecular weight is 318 g/mol. The van der Waals surface area contributed by atoms with Crippen molar-refractivity contribution in [3.63, 3.8) is 0 Å². The number of hydrogen-bond donors (Lipinski definition) is 1. The molecule has 1 rings (SSSR count). The summed E-state index contributed by atoms with van der Waals surface area (Å²) in [6, 6.07) is 0.271. The van der Waals surface area contributed by atoms with Crippen LogP contribution in [0.5, 0.6) is 0 Å². The van der Waals surface area contributed by atoms with E-state index in [-0.39, 0.29) is 17.4 Å². The van der Waals surface area contributed by atoms with Gasteiger partial charge in [0.25, 0.3) is 0 Å². The minimum absolute atomic E-state index is 0.135. The van der Waals surface area contributed by atoms with Crippen molar-refractivity contribution in [2.75, 3.05) is 5.33 Å². The number of rotatable bonds is 5. The Labute approximate surface area is 120 Å². The molecule has 1 atom stereocenters. The summed E-state index contributed by atoms with van der Waals surface area (Å²) in [6.45, 7) is 6.59. The zero-order valence-corrected chi connectivity index (χ0v) is 13.7. The predicted octanol–water partition coefficient (Wildman–Crippen LogP) is 4.27. The Morgan fingerprint density at radius 3 is 2.39 bits per heavy atom. The monoisotopic (exact) mass is 317 g/mol. The standard InChI is InChI=1S/C15H28BrNO/c1-15(2,3)13(9-10-16)17-14(18)11-12-7-5-4-6-8-12/h12-13H,4-11H2,1-3H3,(H,17,18). The van der Waals surface area contributed by atoms with Crippen LogP contribution in [0.15, 0.2) is 0 Å². The van der Waals surface area contributed by atoms with Crippen LogP contribution >= 0.6 is 15.9 Å². The Bertz CT molecular complexity index is 254. The number of carbonyl (C=O) groups excluding carboxylic acids is 1. The first-order chi connectivity index (χ1) is 8.43. The zero-order chi connectivity index (χ0) is 13.6. The molecule has 0 radical (unpaired) electrons. The largest absolute Gasteiger partial charge is 0.353 e. The van der Waals surface area contributed by atoms with Crippen molar-refractivity contribution in [3.8, 4) is 0 Å². The van der Waals surface area contributed by atoms with Gasteiger partial charge in [0.05, 0.1) is 0 Å². The highest BCUT2D eigenvalue weighted by molar-refractivity contribution is 9.09. The first-order valence-corrected chi connectivity index (χ1v) is 8.41. The summed E-state index contributed by atoms with van der Waals surface area (Å²) in [5.74, 6) is 0.881. The van der Waals surface area contributed by atoms with Crippen LogP contribution in [0.25, 0.3) is 0 Å². The Morgan fingerprint density at radius 2 is 1.89 bits per heavy atom. The summed E-state index contributed by atoms with van der Waals surface area (Å²) in [5.41, 5.74) is 0.135. The van der Waals surface area contributed by atoms with Gasteiger partial charge in [-0.15, -0.1) is 0 Å². The third-order valence-electron chi connectivity index (χ3n) is 3.98. The molecular formula is C15H28BrNO. The van der Waals surface area contributed by atoms with Crippen molar-refractivity contribution in [1.82, 2.24) is 5.32 Å². The average Bonchev–Trinajstić information content (AvgIpc) is 2.28. The molecule has 2 nitrogen and oxygen atoms in total. The lowest BCUT2D eigenvalue weighted by molar-refractivity contribution is -0.123. The Hall–Kier alpha value is -0.0500. The molecule has 1 N–H and O–H groups in total. The van der Waals surface area contributed by atoms with Gasteiger partial charge >= 0.3 is 0 Å². The summed E-state index contributed by atoms with van der Waals surface area (Å²) >= 11 is 3.48. The molecule has 0 aromatic rings. The van der Waals surface area contributed by atoms with Gasteiger partial charge in [-0.25, -0.2) is 0 Å². The Balaban J connectivity index is 2.40. The quantitative estimate of drug-likeness (QED) is 0.754. The Kier molecular flexibility index (Phi) is 6.68. The molecule has 1 amide bonds. The predicted molar refractivity (Wildman–Crippen MR) is 81.0 cm³/mol. The maximum Gasteiger partial charge on any atom is 0.220 e. The van der Waals surface area contributed by atoms with Gasteiger partial charge in [-0.1, -0.05) is 56.0 Å². The highest BCUT2D eigenvalue weighted by atomic mass is 79.9. The van der Waals surface area contributed by atoms with Gasteiger partial charge in [-0.3, -0.25) is 4.79 Å². The molecule has 18 heavy (non-hydrogen) atoms.